The zero-order valence-electron chi connectivity index (χ0n) is 30.8. The van der Waals surface area contributed by atoms with Crippen molar-refractivity contribution in [3.63, 3.8) is 0 Å². The predicted molar refractivity (Wildman–Crippen MR) is 229 cm³/mol. The van der Waals surface area contributed by atoms with Crippen LogP contribution in [0, 0.1) is 0 Å². The third kappa shape index (κ3) is 4.69. The van der Waals surface area contributed by atoms with Crippen molar-refractivity contribution in [1.29, 1.82) is 0 Å². The zero-order valence-corrected chi connectivity index (χ0v) is 30.8. The van der Waals surface area contributed by atoms with Crippen LogP contribution in [-0.2, 0) is 5.41 Å². The topological polar surface area (TPSA) is 31.4 Å². The molecule has 0 fully saturated rings. The van der Waals surface area contributed by atoms with Gasteiger partial charge in [-0.3, -0.25) is 0 Å². The number of benzene rings is 8. The van der Waals surface area contributed by atoms with Gasteiger partial charge in [-0.15, -0.1) is 0 Å². The Morgan fingerprint density at radius 2 is 0.895 bits per heavy atom. The van der Waals surface area contributed by atoms with Crippen LogP contribution in [0.5, 0.6) is 23.0 Å². The van der Waals surface area contributed by atoms with Crippen molar-refractivity contribution in [1.82, 2.24) is 4.98 Å². The Balaban J connectivity index is 1.06. The van der Waals surface area contributed by atoms with Crippen molar-refractivity contribution in [2.45, 2.75) is 5.41 Å². The lowest BCUT2D eigenvalue weighted by Crippen LogP contribution is -2.26. The van der Waals surface area contributed by atoms with Gasteiger partial charge in [0.2, 0.25) is 0 Å². The van der Waals surface area contributed by atoms with Gasteiger partial charge in [-0.2, -0.15) is 0 Å². The molecule has 0 amide bonds. The quantitative estimate of drug-likeness (QED) is 0.181. The summed E-state index contributed by atoms with van der Waals surface area (Å²) >= 11 is 0. The minimum atomic E-state index is -0.545. The molecule has 0 bridgehead atoms. The van der Waals surface area contributed by atoms with E-state index in [1.807, 2.05) is 30.3 Å². The third-order valence-corrected chi connectivity index (χ3v) is 11.9. The Kier molecular flexibility index (Phi) is 6.84. The minimum absolute atomic E-state index is 0.545. The summed E-state index contributed by atoms with van der Waals surface area (Å²) in [6.45, 7) is 0. The van der Waals surface area contributed by atoms with E-state index in [0.717, 1.165) is 78.9 Å². The van der Waals surface area contributed by atoms with Gasteiger partial charge in [0, 0.05) is 16.7 Å². The molecule has 266 valence electrons. The van der Waals surface area contributed by atoms with Crippen LogP contribution in [0.4, 0.5) is 0 Å². The molecule has 3 heteroatoms. The molecule has 3 aliphatic rings. The van der Waals surface area contributed by atoms with E-state index in [0.29, 0.717) is 0 Å². The Morgan fingerprint density at radius 3 is 1.63 bits per heavy atom. The number of rotatable bonds is 4. The second-order valence-corrected chi connectivity index (χ2v) is 15.0. The number of aromatic nitrogens is 1. The van der Waals surface area contributed by atoms with Crippen LogP contribution in [0.3, 0.4) is 0 Å². The number of ether oxygens (including phenoxy) is 2. The molecule has 12 rings (SSSR count). The highest BCUT2D eigenvalue weighted by Gasteiger charge is 2.53. The van der Waals surface area contributed by atoms with Gasteiger partial charge in [-0.05, 0) is 104 Å². The molecule has 9 aromatic rings. The van der Waals surface area contributed by atoms with Crippen LogP contribution in [0.1, 0.15) is 22.3 Å². The number of hydrogen-bond donors (Lipinski definition) is 0. The van der Waals surface area contributed by atoms with E-state index in [1.165, 1.54) is 33.4 Å². The van der Waals surface area contributed by atoms with Gasteiger partial charge >= 0.3 is 0 Å². The van der Waals surface area contributed by atoms with E-state index >= 15 is 0 Å². The number of para-hydroxylation sites is 2. The first-order valence-corrected chi connectivity index (χ1v) is 19.4. The standard InChI is InChI=1S/C54H33NO2/c1-3-14-34(15-4-1)39-32-47(35-16-5-2-6-17-35)55-48(33-39)38-19-13-18-36(30-38)37-26-27-42-46(31-37)54(43-22-9-7-20-40(43)41-21-8-10-23-44(41)54)45-28-29-51-53(52(42)45)57-50-25-12-11-24-49(50)56-51/h1-33H. The van der Waals surface area contributed by atoms with Gasteiger partial charge in [0.05, 0.1) is 16.8 Å². The maximum Gasteiger partial charge on any atom is 0.178 e. The molecule has 57 heavy (non-hydrogen) atoms. The van der Waals surface area contributed by atoms with Gasteiger partial charge < -0.3 is 9.47 Å². The number of pyridine rings is 1. The Hall–Kier alpha value is -7.49. The van der Waals surface area contributed by atoms with Crippen LogP contribution in [0.2, 0.25) is 0 Å². The van der Waals surface area contributed by atoms with E-state index < -0.39 is 5.41 Å². The van der Waals surface area contributed by atoms with Crippen LogP contribution in [0.15, 0.2) is 200 Å². The van der Waals surface area contributed by atoms with E-state index in [-0.39, 0.29) is 0 Å². The molecule has 8 aromatic carbocycles. The Morgan fingerprint density at radius 1 is 0.316 bits per heavy atom. The van der Waals surface area contributed by atoms with E-state index in [2.05, 4.69) is 170 Å². The predicted octanol–water partition coefficient (Wildman–Crippen LogP) is 14.0. The molecule has 1 spiro atoms. The van der Waals surface area contributed by atoms with Gasteiger partial charge in [0.25, 0.3) is 0 Å². The highest BCUT2D eigenvalue weighted by molar-refractivity contribution is 5.98. The molecule has 0 N–H and O–H groups in total. The van der Waals surface area contributed by atoms with Crippen molar-refractivity contribution < 1.29 is 9.47 Å². The van der Waals surface area contributed by atoms with Gasteiger partial charge in [-0.25, -0.2) is 4.98 Å². The maximum atomic E-state index is 6.79. The van der Waals surface area contributed by atoms with Crippen LogP contribution in [0.25, 0.3) is 67.0 Å². The largest absolute Gasteiger partial charge is 0.449 e. The van der Waals surface area contributed by atoms with Crippen LogP contribution < -0.4 is 9.47 Å². The molecular formula is C54H33NO2. The van der Waals surface area contributed by atoms with Crippen molar-refractivity contribution in [2.75, 3.05) is 0 Å². The molecule has 0 saturated heterocycles. The summed E-state index contributed by atoms with van der Waals surface area (Å²) in [4.78, 5) is 5.26. The monoisotopic (exact) mass is 727 g/mol. The summed E-state index contributed by atoms with van der Waals surface area (Å²) in [7, 11) is 0. The fourth-order valence-corrected chi connectivity index (χ4v) is 9.48. The SMILES string of the molecule is c1ccc(-c2cc(-c3ccccc3)nc(-c3cccc(-c4ccc5c(c4)C4(c6ccccc6-c6ccccc64)c4ccc6c(c4-5)Oc4ccccc4O6)c3)c2)cc1. The average molecular weight is 728 g/mol. The van der Waals surface area contributed by atoms with E-state index in [4.69, 9.17) is 14.5 Å². The molecular weight excluding hydrogens is 695 g/mol. The lowest BCUT2D eigenvalue weighted by molar-refractivity contribution is 0.360. The summed E-state index contributed by atoms with van der Waals surface area (Å²) in [5, 5.41) is 0. The second kappa shape index (κ2) is 12.3. The third-order valence-electron chi connectivity index (χ3n) is 11.9. The fourth-order valence-electron chi connectivity index (χ4n) is 9.48. The van der Waals surface area contributed by atoms with Crippen molar-refractivity contribution in [3.8, 4) is 90.0 Å². The highest BCUT2D eigenvalue weighted by atomic mass is 16.6. The van der Waals surface area contributed by atoms with Crippen molar-refractivity contribution in [2.24, 2.45) is 0 Å². The first kappa shape index (κ1) is 31.8. The van der Waals surface area contributed by atoms with Crippen LogP contribution in [-0.4, -0.2) is 4.98 Å². The molecule has 1 aromatic heterocycles. The van der Waals surface area contributed by atoms with Crippen molar-refractivity contribution in [3.05, 3.63) is 222 Å². The summed E-state index contributed by atoms with van der Waals surface area (Å²) in [6, 6.07) is 71.3. The number of nitrogens with zero attached hydrogens (tertiary/aromatic N) is 1. The molecule has 0 radical (unpaired) electrons. The molecule has 2 heterocycles. The lowest BCUT2D eigenvalue weighted by atomic mass is 9.70. The zero-order chi connectivity index (χ0) is 37.5. The second-order valence-electron chi connectivity index (χ2n) is 15.0. The Labute approximate surface area is 331 Å². The maximum absolute atomic E-state index is 6.79. The summed E-state index contributed by atoms with van der Waals surface area (Å²) < 4.78 is 13.3. The molecule has 0 atom stereocenters. The highest BCUT2D eigenvalue weighted by Crippen LogP contribution is 2.66. The molecule has 0 unspecified atom stereocenters. The molecule has 3 nitrogen and oxygen atoms in total. The Bertz CT molecular complexity index is 2970. The van der Waals surface area contributed by atoms with E-state index in [1.54, 1.807) is 0 Å². The van der Waals surface area contributed by atoms with Crippen LogP contribution >= 0.6 is 0 Å². The van der Waals surface area contributed by atoms with Gasteiger partial charge in [-0.1, -0.05) is 158 Å². The van der Waals surface area contributed by atoms with Crippen molar-refractivity contribution >= 4 is 0 Å². The first-order valence-electron chi connectivity index (χ1n) is 19.4. The summed E-state index contributed by atoms with van der Waals surface area (Å²) in [6.07, 6.45) is 0. The number of hydrogen-bond acceptors (Lipinski definition) is 3. The normalized spacial score (nSPS) is 13.3. The fraction of sp³-hybridized carbons (Fsp3) is 0.0185. The minimum Gasteiger partial charge on any atom is -0.449 e. The lowest BCUT2D eigenvalue weighted by Gasteiger charge is -2.31. The molecule has 0 saturated carbocycles. The first-order chi connectivity index (χ1) is 28.2. The van der Waals surface area contributed by atoms with Gasteiger partial charge in [0.15, 0.2) is 23.0 Å². The smallest absolute Gasteiger partial charge is 0.178 e. The molecule has 2 aliphatic carbocycles. The van der Waals surface area contributed by atoms with E-state index in [9.17, 15) is 0 Å². The van der Waals surface area contributed by atoms with Gasteiger partial charge in [0.1, 0.15) is 0 Å². The number of fused-ring (bicyclic) bond motifs is 13. The summed E-state index contributed by atoms with van der Waals surface area (Å²) in [5.41, 5.74) is 17.8. The summed E-state index contributed by atoms with van der Waals surface area (Å²) in [5.74, 6) is 2.94. The average Bonchev–Trinajstić information content (AvgIpc) is 3.76. The molecule has 1 aliphatic heterocycles.